The van der Waals surface area contributed by atoms with Crippen molar-refractivity contribution in [3.8, 4) is 0 Å². The van der Waals surface area contributed by atoms with Gasteiger partial charge in [-0.1, -0.05) is 28.1 Å². The zero-order valence-electron chi connectivity index (χ0n) is 7.51. The van der Waals surface area contributed by atoms with Gasteiger partial charge in [0.15, 0.2) is 0 Å². The van der Waals surface area contributed by atoms with Gasteiger partial charge >= 0.3 is 0 Å². The maximum absolute atomic E-state index is 10.8. The SMILES string of the molecule is CC(=O)Nc1cccc(CCBr)c1. The Bertz CT molecular complexity index is 299. The van der Waals surface area contributed by atoms with E-state index in [1.54, 1.807) is 0 Å². The van der Waals surface area contributed by atoms with Gasteiger partial charge in [-0.15, -0.1) is 0 Å². The number of nitrogens with one attached hydrogen (secondary N) is 1. The van der Waals surface area contributed by atoms with Crippen molar-refractivity contribution >= 4 is 27.5 Å². The third kappa shape index (κ3) is 3.59. The van der Waals surface area contributed by atoms with E-state index in [0.29, 0.717) is 0 Å². The van der Waals surface area contributed by atoms with E-state index in [-0.39, 0.29) is 5.91 Å². The van der Waals surface area contributed by atoms with Gasteiger partial charge in [0.25, 0.3) is 0 Å². The highest BCUT2D eigenvalue weighted by Gasteiger charge is 1.96. The van der Waals surface area contributed by atoms with Crippen LogP contribution in [0.5, 0.6) is 0 Å². The van der Waals surface area contributed by atoms with Crippen LogP contribution in [0.4, 0.5) is 5.69 Å². The Hall–Kier alpha value is -0.830. The molecule has 0 unspecified atom stereocenters. The summed E-state index contributed by atoms with van der Waals surface area (Å²) in [5, 5.41) is 3.69. The summed E-state index contributed by atoms with van der Waals surface area (Å²) in [6, 6.07) is 7.87. The van der Waals surface area contributed by atoms with E-state index in [1.807, 2.05) is 24.3 Å². The number of aryl methyl sites for hydroxylation is 1. The molecule has 0 fully saturated rings. The molecule has 0 aliphatic rings. The van der Waals surface area contributed by atoms with Gasteiger partial charge in [0.1, 0.15) is 0 Å². The number of anilines is 1. The van der Waals surface area contributed by atoms with Crippen LogP contribution in [-0.4, -0.2) is 11.2 Å². The number of rotatable bonds is 3. The first-order valence-electron chi connectivity index (χ1n) is 4.15. The van der Waals surface area contributed by atoms with E-state index in [0.717, 1.165) is 17.4 Å². The van der Waals surface area contributed by atoms with Crippen molar-refractivity contribution in [2.45, 2.75) is 13.3 Å². The number of benzene rings is 1. The molecule has 0 spiro atoms. The molecule has 0 aromatic heterocycles. The summed E-state index contributed by atoms with van der Waals surface area (Å²) in [4.78, 5) is 10.8. The largest absolute Gasteiger partial charge is 0.326 e. The number of hydrogen-bond donors (Lipinski definition) is 1. The van der Waals surface area contributed by atoms with Crippen LogP contribution in [-0.2, 0) is 11.2 Å². The summed E-state index contributed by atoms with van der Waals surface area (Å²) in [5.41, 5.74) is 2.09. The number of alkyl halides is 1. The standard InChI is InChI=1S/C10H12BrNO/c1-8(13)12-10-4-2-3-9(7-10)5-6-11/h2-4,7H,5-6H2,1H3,(H,12,13). The molecule has 1 N–H and O–H groups in total. The van der Waals surface area contributed by atoms with Crippen LogP contribution < -0.4 is 5.32 Å². The van der Waals surface area contributed by atoms with Gasteiger partial charge in [-0.05, 0) is 24.1 Å². The number of hydrogen-bond acceptors (Lipinski definition) is 1. The third-order valence-corrected chi connectivity index (χ3v) is 2.03. The molecule has 0 atom stereocenters. The molecule has 0 aliphatic carbocycles. The predicted octanol–water partition coefficient (Wildman–Crippen LogP) is 2.58. The van der Waals surface area contributed by atoms with Gasteiger partial charge < -0.3 is 5.32 Å². The second kappa shape index (κ2) is 5.02. The van der Waals surface area contributed by atoms with Crippen LogP contribution in [0.1, 0.15) is 12.5 Å². The smallest absolute Gasteiger partial charge is 0.221 e. The fourth-order valence-electron chi connectivity index (χ4n) is 1.12. The van der Waals surface area contributed by atoms with Gasteiger partial charge in [0.2, 0.25) is 5.91 Å². The Balaban J connectivity index is 2.73. The summed E-state index contributed by atoms with van der Waals surface area (Å²) < 4.78 is 0. The van der Waals surface area contributed by atoms with Crippen molar-refractivity contribution < 1.29 is 4.79 Å². The first-order chi connectivity index (χ1) is 6.22. The molecule has 1 aromatic rings. The Morgan fingerprint density at radius 3 is 2.92 bits per heavy atom. The molecule has 2 nitrogen and oxygen atoms in total. The molecule has 70 valence electrons. The van der Waals surface area contributed by atoms with Gasteiger partial charge in [0, 0.05) is 17.9 Å². The van der Waals surface area contributed by atoms with Gasteiger partial charge in [-0.3, -0.25) is 4.79 Å². The van der Waals surface area contributed by atoms with Crippen molar-refractivity contribution in [1.82, 2.24) is 0 Å². The molecule has 0 radical (unpaired) electrons. The molecule has 13 heavy (non-hydrogen) atoms. The third-order valence-electron chi connectivity index (χ3n) is 1.63. The number of amides is 1. The fraction of sp³-hybridized carbons (Fsp3) is 0.300. The van der Waals surface area contributed by atoms with Crippen molar-refractivity contribution in [2.75, 3.05) is 10.6 Å². The molecule has 0 bridgehead atoms. The molecule has 0 aliphatic heterocycles. The van der Waals surface area contributed by atoms with Crippen molar-refractivity contribution in [1.29, 1.82) is 0 Å². The summed E-state index contributed by atoms with van der Waals surface area (Å²) in [7, 11) is 0. The molecule has 0 heterocycles. The summed E-state index contributed by atoms with van der Waals surface area (Å²) >= 11 is 3.37. The quantitative estimate of drug-likeness (QED) is 0.811. The van der Waals surface area contributed by atoms with E-state index in [1.165, 1.54) is 12.5 Å². The van der Waals surface area contributed by atoms with E-state index in [9.17, 15) is 4.79 Å². The molecular weight excluding hydrogens is 230 g/mol. The fourth-order valence-corrected chi connectivity index (χ4v) is 1.57. The Morgan fingerprint density at radius 2 is 2.31 bits per heavy atom. The second-order valence-corrected chi connectivity index (χ2v) is 3.61. The highest BCUT2D eigenvalue weighted by atomic mass is 79.9. The lowest BCUT2D eigenvalue weighted by Gasteiger charge is -2.03. The highest BCUT2D eigenvalue weighted by Crippen LogP contribution is 2.11. The zero-order valence-corrected chi connectivity index (χ0v) is 9.10. The monoisotopic (exact) mass is 241 g/mol. The average molecular weight is 242 g/mol. The van der Waals surface area contributed by atoms with Crippen LogP contribution in [0, 0.1) is 0 Å². The number of carbonyl (C=O) groups excluding carboxylic acids is 1. The zero-order chi connectivity index (χ0) is 9.68. The minimum atomic E-state index is -0.0315. The molecule has 0 saturated carbocycles. The summed E-state index contributed by atoms with van der Waals surface area (Å²) in [5.74, 6) is -0.0315. The molecule has 1 amide bonds. The summed E-state index contributed by atoms with van der Waals surface area (Å²) in [6.07, 6.45) is 0.980. The Kier molecular flexibility index (Phi) is 3.96. The van der Waals surface area contributed by atoms with Gasteiger partial charge in [-0.25, -0.2) is 0 Å². The Morgan fingerprint density at radius 1 is 1.54 bits per heavy atom. The minimum absolute atomic E-state index is 0.0315. The van der Waals surface area contributed by atoms with Crippen molar-refractivity contribution in [2.24, 2.45) is 0 Å². The van der Waals surface area contributed by atoms with Crippen LogP contribution in [0.25, 0.3) is 0 Å². The minimum Gasteiger partial charge on any atom is -0.326 e. The topological polar surface area (TPSA) is 29.1 Å². The lowest BCUT2D eigenvalue weighted by Crippen LogP contribution is -2.05. The number of carbonyl (C=O) groups is 1. The first kappa shape index (κ1) is 10.3. The van der Waals surface area contributed by atoms with Crippen molar-refractivity contribution in [3.63, 3.8) is 0 Å². The van der Waals surface area contributed by atoms with E-state index in [4.69, 9.17) is 0 Å². The van der Waals surface area contributed by atoms with Gasteiger partial charge in [0.05, 0.1) is 0 Å². The maximum atomic E-state index is 10.8. The Labute approximate surface area is 86.5 Å². The lowest BCUT2D eigenvalue weighted by molar-refractivity contribution is -0.114. The van der Waals surface area contributed by atoms with Crippen LogP contribution in [0.2, 0.25) is 0 Å². The predicted molar refractivity (Wildman–Crippen MR) is 58.2 cm³/mol. The average Bonchev–Trinajstić information content (AvgIpc) is 2.04. The van der Waals surface area contributed by atoms with Crippen LogP contribution in [0.3, 0.4) is 0 Å². The molecule has 0 saturated heterocycles. The molecule has 1 rings (SSSR count). The first-order valence-corrected chi connectivity index (χ1v) is 5.27. The maximum Gasteiger partial charge on any atom is 0.221 e. The van der Waals surface area contributed by atoms with Crippen molar-refractivity contribution in [3.05, 3.63) is 29.8 Å². The second-order valence-electron chi connectivity index (χ2n) is 2.82. The van der Waals surface area contributed by atoms with Gasteiger partial charge in [-0.2, -0.15) is 0 Å². The number of halogens is 1. The van der Waals surface area contributed by atoms with E-state index >= 15 is 0 Å². The lowest BCUT2D eigenvalue weighted by atomic mass is 10.1. The molecule has 1 aromatic carbocycles. The highest BCUT2D eigenvalue weighted by molar-refractivity contribution is 9.09. The summed E-state index contributed by atoms with van der Waals surface area (Å²) in [6.45, 7) is 1.51. The van der Waals surface area contributed by atoms with Crippen LogP contribution in [0.15, 0.2) is 24.3 Å². The van der Waals surface area contributed by atoms with Crippen LogP contribution >= 0.6 is 15.9 Å². The van der Waals surface area contributed by atoms with E-state index in [2.05, 4.69) is 21.2 Å². The van der Waals surface area contributed by atoms with E-state index < -0.39 is 0 Å². The molecule has 3 heteroatoms. The molecular formula is C10H12BrNO. The normalized spacial score (nSPS) is 9.69.